The molecule has 17 heavy (non-hydrogen) atoms. The zero-order valence-electron chi connectivity index (χ0n) is 8.99. The van der Waals surface area contributed by atoms with Crippen molar-refractivity contribution < 1.29 is 9.13 Å². The van der Waals surface area contributed by atoms with Crippen molar-refractivity contribution in [2.75, 3.05) is 5.73 Å². The topological polar surface area (TPSA) is 35.2 Å². The zero-order chi connectivity index (χ0) is 12.3. The minimum absolute atomic E-state index is 0.244. The third-order valence-electron chi connectivity index (χ3n) is 2.29. The van der Waals surface area contributed by atoms with Crippen LogP contribution in [0.4, 0.5) is 10.1 Å². The second-order valence-corrected chi connectivity index (χ2v) is 4.43. The van der Waals surface area contributed by atoms with Crippen molar-refractivity contribution >= 4 is 21.6 Å². The number of hydrogen-bond donors (Lipinski definition) is 1. The van der Waals surface area contributed by atoms with Crippen LogP contribution in [-0.2, 0) is 6.61 Å². The first-order chi connectivity index (χ1) is 8.16. The van der Waals surface area contributed by atoms with Crippen LogP contribution in [0.2, 0.25) is 0 Å². The second kappa shape index (κ2) is 5.19. The summed E-state index contributed by atoms with van der Waals surface area (Å²) in [5.41, 5.74) is 7.28. The van der Waals surface area contributed by atoms with E-state index in [1.54, 1.807) is 24.3 Å². The Morgan fingerprint density at radius 2 is 1.94 bits per heavy atom. The number of ether oxygens (including phenoxy) is 1. The number of nitrogens with two attached hydrogens (primary N) is 1. The molecular formula is C13H11BrFNO. The van der Waals surface area contributed by atoms with E-state index in [2.05, 4.69) is 15.9 Å². The Bertz CT molecular complexity index is 531. The highest BCUT2D eigenvalue weighted by Gasteiger charge is 2.03. The molecule has 2 nitrogen and oxygen atoms in total. The van der Waals surface area contributed by atoms with Gasteiger partial charge in [-0.05, 0) is 45.8 Å². The van der Waals surface area contributed by atoms with Gasteiger partial charge in [0.15, 0.2) is 11.6 Å². The van der Waals surface area contributed by atoms with E-state index in [0.29, 0.717) is 12.3 Å². The lowest BCUT2D eigenvalue weighted by Gasteiger charge is -2.08. The number of anilines is 1. The normalized spacial score (nSPS) is 10.2. The summed E-state index contributed by atoms with van der Waals surface area (Å²) >= 11 is 3.31. The standard InChI is InChI=1S/C13H11BrFNO/c14-10-6-5-9(7-12(10)16)8-17-13-4-2-1-3-11(13)15/h1-7H,8,16H2. The molecule has 0 bridgehead atoms. The van der Waals surface area contributed by atoms with Crippen molar-refractivity contribution in [3.8, 4) is 5.75 Å². The van der Waals surface area contributed by atoms with Gasteiger partial charge < -0.3 is 10.5 Å². The largest absolute Gasteiger partial charge is 0.486 e. The lowest BCUT2D eigenvalue weighted by atomic mass is 10.2. The molecule has 0 aliphatic rings. The van der Waals surface area contributed by atoms with Gasteiger partial charge in [0.2, 0.25) is 0 Å². The van der Waals surface area contributed by atoms with Crippen molar-refractivity contribution in [2.24, 2.45) is 0 Å². The lowest BCUT2D eigenvalue weighted by Crippen LogP contribution is -1.98. The highest BCUT2D eigenvalue weighted by molar-refractivity contribution is 9.10. The average Bonchev–Trinajstić information content (AvgIpc) is 2.32. The molecule has 0 unspecified atom stereocenters. The van der Waals surface area contributed by atoms with E-state index >= 15 is 0 Å². The first-order valence-electron chi connectivity index (χ1n) is 5.08. The Morgan fingerprint density at radius 1 is 1.18 bits per heavy atom. The fourth-order valence-electron chi connectivity index (χ4n) is 1.41. The van der Waals surface area contributed by atoms with Crippen molar-refractivity contribution in [3.63, 3.8) is 0 Å². The van der Waals surface area contributed by atoms with Crippen LogP contribution in [0.5, 0.6) is 5.75 Å². The maximum absolute atomic E-state index is 13.3. The van der Waals surface area contributed by atoms with Gasteiger partial charge >= 0.3 is 0 Å². The first kappa shape index (κ1) is 11.9. The molecule has 2 aromatic rings. The maximum atomic E-state index is 13.3. The van der Waals surface area contributed by atoms with Crippen LogP contribution in [0, 0.1) is 5.82 Å². The van der Waals surface area contributed by atoms with Crippen LogP contribution in [0.15, 0.2) is 46.9 Å². The van der Waals surface area contributed by atoms with Crippen LogP contribution in [0.3, 0.4) is 0 Å². The van der Waals surface area contributed by atoms with Crippen molar-refractivity contribution in [3.05, 3.63) is 58.3 Å². The third kappa shape index (κ3) is 2.97. The van der Waals surface area contributed by atoms with Crippen LogP contribution < -0.4 is 10.5 Å². The predicted octanol–water partition coefficient (Wildman–Crippen LogP) is 3.75. The number of para-hydroxylation sites is 1. The SMILES string of the molecule is Nc1cc(COc2ccccc2F)ccc1Br. The van der Waals surface area contributed by atoms with Crippen LogP contribution >= 0.6 is 15.9 Å². The van der Waals surface area contributed by atoms with E-state index in [1.165, 1.54) is 6.07 Å². The van der Waals surface area contributed by atoms with Crippen molar-refractivity contribution in [1.82, 2.24) is 0 Å². The van der Waals surface area contributed by atoms with E-state index in [4.69, 9.17) is 10.5 Å². The molecule has 0 saturated heterocycles. The van der Waals surface area contributed by atoms with Gasteiger partial charge in [-0.1, -0.05) is 18.2 Å². The molecule has 0 atom stereocenters. The molecule has 0 amide bonds. The molecule has 0 aliphatic carbocycles. The van der Waals surface area contributed by atoms with Crippen molar-refractivity contribution in [2.45, 2.75) is 6.61 Å². The molecule has 2 aromatic carbocycles. The minimum atomic E-state index is -0.363. The Kier molecular flexibility index (Phi) is 3.64. The molecule has 0 aliphatic heterocycles. The molecule has 0 spiro atoms. The Balaban J connectivity index is 2.08. The lowest BCUT2D eigenvalue weighted by molar-refractivity contribution is 0.290. The number of benzene rings is 2. The molecule has 0 saturated carbocycles. The fourth-order valence-corrected chi connectivity index (χ4v) is 1.65. The van der Waals surface area contributed by atoms with Gasteiger partial charge in [0.1, 0.15) is 6.61 Å². The molecular weight excluding hydrogens is 285 g/mol. The minimum Gasteiger partial charge on any atom is -0.486 e. The highest BCUT2D eigenvalue weighted by atomic mass is 79.9. The molecule has 88 valence electrons. The highest BCUT2D eigenvalue weighted by Crippen LogP contribution is 2.22. The Labute approximate surface area is 107 Å². The van der Waals surface area contributed by atoms with E-state index in [9.17, 15) is 4.39 Å². The van der Waals surface area contributed by atoms with Gasteiger partial charge in [-0.2, -0.15) is 0 Å². The molecule has 0 fully saturated rings. The summed E-state index contributed by atoms with van der Waals surface area (Å²) in [7, 11) is 0. The summed E-state index contributed by atoms with van der Waals surface area (Å²) in [5, 5.41) is 0. The van der Waals surface area contributed by atoms with Gasteiger partial charge in [0.05, 0.1) is 0 Å². The summed E-state index contributed by atoms with van der Waals surface area (Å²) in [6, 6.07) is 11.8. The smallest absolute Gasteiger partial charge is 0.165 e. The number of nitrogen functional groups attached to an aromatic ring is 1. The average molecular weight is 296 g/mol. The molecule has 0 heterocycles. The van der Waals surface area contributed by atoms with Gasteiger partial charge in [-0.3, -0.25) is 0 Å². The molecule has 2 rings (SSSR count). The number of hydrogen-bond acceptors (Lipinski definition) is 2. The van der Waals surface area contributed by atoms with Gasteiger partial charge in [-0.25, -0.2) is 4.39 Å². The third-order valence-corrected chi connectivity index (χ3v) is 3.01. The Morgan fingerprint density at radius 3 is 2.65 bits per heavy atom. The summed E-state index contributed by atoms with van der Waals surface area (Å²) in [6.45, 7) is 0.290. The number of rotatable bonds is 3. The molecule has 0 aromatic heterocycles. The van der Waals surface area contributed by atoms with Gasteiger partial charge in [0.25, 0.3) is 0 Å². The molecule has 2 N–H and O–H groups in total. The summed E-state index contributed by atoms with van der Waals surface area (Å²) in [6.07, 6.45) is 0. The van der Waals surface area contributed by atoms with Gasteiger partial charge in [-0.15, -0.1) is 0 Å². The first-order valence-corrected chi connectivity index (χ1v) is 5.87. The van der Waals surface area contributed by atoms with Crippen LogP contribution in [0.25, 0.3) is 0 Å². The van der Waals surface area contributed by atoms with Gasteiger partial charge in [0, 0.05) is 10.2 Å². The second-order valence-electron chi connectivity index (χ2n) is 3.57. The van der Waals surface area contributed by atoms with E-state index in [-0.39, 0.29) is 11.6 Å². The van der Waals surface area contributed by atoms with Crippen LogP contribution in [-0.4, -0.2) is 0 Å². The summed E-state index contributed by atoms with van der Waals surface area (Å²) in [4.78, 5) is 0. The molecule has 0 radical (unpaired) electrons. The van der Waals surface area contributed by atoms with E-state index in [0.717, 1.165) is 10.0 Å². The quantitative estimate of drug-likeness (QED) is 0.875. The summed E-state index contributed by atoms with van der Waals surface area (Å²) in [5.74, 6) is -0.119. The van der Waals surface area contributed by atoms with E-state index in [1.807, 2.05) is 12.1 Å². The molecule has 4 heteroatoms. The van der Waals surface area contributed by atoms with E-state index < -0.39 is 0 Å². The number of halogens is 2. The predicted molar refractivity (Wildman–Crippen MR) is 69.3 cm³/mol. The zero-order valence-corrected chi connectivity index (χ0v) is 10.6. The maximum Gasteiger partial charge on any atom is 0.165 e. The van der Waals surface area contributed by atoms with Crippen LogP contribution in [0.1, 0.15) is 5.56 Å². The fraction of sp³-hybridized carbons (Fsp3) is 0.0769. The van der Waals surface area contributed by atoms with Crippen molar-refractivity contribution in [1.29, 1.82) is 0 Å². The monoisotopic (exact) mass is 295 g/mol. The Hall–Kier alpha value is -1.55. The summed E-state index contributed by atoms with van der Waals surface area (Å²) < 4.78 is 19.5.